The minimum absolute atomic E-state index is 0.134. The van der Waals surface area contributed by atoms with Gasteiger partial charge in [0.15, 0.2) is 0 Å². The number of hydrogen-bond donors (Lipinski definition) is 2. The molecular formula is C15H21Cl2NO. The molecule has 106 valence electrons. The molecule has 4 heteroatoms. The van der Waals surface area contributed by atoms with Crippen LogP contribution in [-0.4, -0.2) is 11.1 Å². The number of phenolic OH excluding ortho intramolecular Hbond substituents is 1. The monoisotopic (exact) mass is 301 g/mol. The van der Waals surface area contributed by atoms with E-state index in [1.165, 1.54) is 32.1 Å². The fraction of sp³-hybridized carbons (Fsp3) is 0.600. The van der Waals surface area contributed by atoms with Crippen LogP contribution in [0.3, 0.4) is 0 Å². The second kappa shape index (κ2) is 6.83. The Morgan fingerprint density at radius 1 is 1.26 bits per heavy atom. The van der Waals surface area contributed by atoms with Crippen LogP contribution in [0.5, 0.6) is 5.75 Å². The van der Waals surface area contributed by atoms with Gasteiger partial charge in [0.05, 0.1) is 5.02 Å². The van der Waals surface area contributed by atoms with E-state index in [0.29, 0.717) is 22.6 Å². The zero-order valence-electron chi connectivity index (χ0n) is 11.3. The van der Waals surface area contributed by atoms with Crippen molar-refractivity contribution in [3.05, 3.63) is 27.7 Å². The number of nitrogens with one attached hydrogen (secondary N) is 1. The lowest BCUT2D eigenvalue weighted by Crippen LogP contribution is -2.34. The molecule has 0 aliphatic heterocycles. The molecule has 19 heavy (non-hydrogen) atoms. The van der Waals surface area contributed by atoms with Crippen molar-refractivity contribution < 1.29 is 5.11 Å². The molecule has 0 spiro atoms. The minimum Gasteiger partial charge on any atom is -0.506 e. The van der Waals surface area contributed by atoms with Crippen molar-refractivity contribution in [3.63, 3.8) is 0 Å². The molecule has 1 fully saturated rings. The highest BCUT2D eigenvalue weighted by Crippen LogP contribution is 2.31. The van der Waals surface area contributed by atoms with Crippen molar-refractivity contribution in [2.45, 2.75) is 51.6 Å². The van der Waals surface area contributed by atoms with Crippen molar-refractivity contribution in [3.8, 4) is 5.75 Å². The fourth-order valence-electron chi connectivity index (χ4n) is 2.83. The van der Waals surface area contributed by atoms with Crippen molar-refractivity contribution in [2.75, 3.05) is 0 Å². The molecule has 0 heterocycles. The van der Waals surface area contributed by atoms with Crippen LogP contribution in [0, 0.1) is 5.92 Å². The number of halogens is 2. The van der Waals surface area contributed by atoms with Gasteiger partial charge in [0, 0.05) is 23.2 Å². The van der Waals surface area contributed by atoms with Gasteiger partial charge in [-0.15, -0.1) is 0 Å². The Balaban J connectivity index is 1.94. The van der Waals surface area contributed by atoms with Gasteiger partial charge in [-0.3, -0.25) is 0 Å². The van der Waals surface area contributed by atoms with E-state index in [0.717, 1.165) is 11.5 Å². The normalized spacial score (nSPS) is 18.5. The van der Waals surface area contributed by atoms with Gasteiger partial charge in [-0.05, 0) is 37.8 Å². The molecular weight excluding hydrogens is 281 g/mol. The topological polar surface area (TPSA) is 32.3 Å². The molecule has 0 saturated heterocycles. The van der Waals surface area contributed by atoms with E-state index < -0.39 is 0 Å². The van der Waals surface area contributed by atoms with Crippen LogP contribution in [0.25, 0.3) is 0 Å². The second-order valence-corrected chi connectivity index (χ2v) is 6.31. The van der Waals surface area contributed by atoms with Crippen LogP contribution in [0.4, 0.5) is 0 Å². The summed E-state index contributed by atoms with van der Waals surface area (Å²) in [6.45, 7) is 2.82. The lowest BCUT2D eigenvalue weighted by Gasteiger charge is -2.28. The Labute approximate surface area is 125 Å². The Morgan fingerprint density at radius 2 is 1.95 bits per heavy atom. The highest BCUT2D eigenvalue weighted by atomic mass is 35.5. The third kappa shape index (κ3) is 4.01. The van der Waals surface area contributed by atoms with Gasteiger partial charge in [0.25, 0.3) is 0 Å². The van der Waals surface area contributed by atoms with Crippen LogP contribution in [0.2, 0.25) is 10.0 Å². The quantitative estimate of drug-likeness (QED) is 0.840. The van der Waals surface area contributed by atoms with Crippen molar-refractivity contribution in [2.24, 2.45) is 5.92 Å². The van der Waals surface area contributed by atoms with Crippen molar-refractivity contribution >= 4 is 23.2 Å². The Bertz CT molecular complexity index is 430. The highest BCUT2D eigenvalue weighted by molar-refractivity contribution is 6.35. The number of hydrogen-bond acceptors (Lipinski definition) is 2. The van der Waals surface area contributed by atoms with Gasteiger partial charge in [-0.2, -0.15) is 0 Å². The summed E-state index contributed by atoms with van der Waals surface area (Å²) in [4.78, 5) is 0. The third-order valence-corrected chi connectivity index (χ3v) is 4.58. The molecule has 1 aromatic rings. The van der Waals surface area contributed by atoms with Gasteiger partial charge in [0.2, 0.25) is 0 Å². The van der Waals surface area contributed by atoms with E-state index in [-0.39, 0.29) is 5.75 Å². The Kier molecular flexibility index (Phi) is 5.37. The van der Waals surface area contributed by atoms with Gasteiger partial charge in [-0.25, -0.2) is 0 Å². The van der Waals surface area contributed by atoms with Crippen LogP contribution in [0.1, 0.15) is 44.6 Å². The summed E-state index contributed by atoms with van der Waals surface area (Å²) in [7, 11) is 0. The van der Waals surface area contributed by atoms with E-state index in [1.807, 2.05) is 0 Å². The highest BCUT2D eigenvalue weighted by Gasteiger charge is 2.20. The van der Waals surface area contributed by atoms with Gasteiger partial charge < -0.3 is 10.4 Å². The molecule has 2 nitrogen and oxygen atoms in total. The first-order valence-electron chi connectivity index (χ1n) is 6.98. The number of aromatic hydroxyl groups is 1. The maximum atomic E-state index is 9.91. The molecule has 1 aromatic carbocycles. The van der Waals surface area contributed by atoms with Crippen LogP contribution < -0.4 is 5.32 Å². The summed E-state index contributed by atoms with van der Waals surface area (Å²) in [5.41, 5.74) is 0.764. The molecule has 1 atom stereocenters. The van der Waals surface area contributed by atoms with Crippen molar-refractivity contribution in [1.29, 1.82) is 0 Å². The zero-order chi connectivity index (χ0) is 13.8. The average Bonchev–Trinajstić information content (AvgIpc) is 2.41. The summed E-state index contributed by atoms with van der Waals surface area (Å²) >= 11 is 11.9. The van der Waals surface area contributed by atoms with Crippen LogP contribution >= 0.6 is 23.2 Å². The smallest absolute Gasteiger partial charge is 0.138 e. The van der Waals surface area contributed by atoms with E-state index in [2.05, 4.69) is 12.2 Å². The molecule has 2 N–H and O–H groups in total. The van der Waals surface area contributed by atoms with Gasteiger partial charge in [-0.1, -0.05) is 42.5 Å². The SMILES string of the molecule is CC(NCc1cc(Cl)cc(Cl)c1O)C1CCCCC1. The predicted molar refractivity (Wildman–Crippen MR) is 81.0 cm³/mol. The first-order chi connectivity index (χ1) is 9.08. The Hall–Kier alpha value is -0.440. The molecule has 1 saturated carbocycles. The second-order valence-electron chi connectivity index (χ2n) is 5.46. The lowest BCUT2D eigenvalue weighted by atomic mass is 9.84. The van der Waals surface area contributed by atoms with Crippen molar-refractivity contribution in [1.82, 2.24) is 5.32 Å². The molecule has 1 aliphatic carbocycles. The molecule has 0 bridgehead atoms. The number of phenols is 1. The van der Waals surface area contributed by atoms with Crippen LogP contribution in [0.15, 0.2) is 12.1 Å². The van der Waals surface area contributed by atoms with Gasteiger partial charge >= 0.3 is 0 Å². The van der Waals surface area contributed by atoms with E-state index >= 15 is 0 Å². The molecule has 1 unspecified atom stereocenters. The molecule has 0 aromatic heterocycles. The first kappa shape index (κ1) is 15.0. The number of rotatable bonds is 4. The zero-order valence-corrected chi connectivity index (χ0v) is 12.8. The predicted octanol–water partition coefficient (Wildman–Crippen LogP) is 4.76. The van der Waals surface area contributed by atoms with Gasteiger partial charge in [0.1, 0.15) is 5.75 Å². The molecule has 0 amide bonds. The molecule has 0 radical (unpaired) electrons. The molecule has 1 aliphatic rings. The summed E-state index contributed by atoms with van der Waals surface area (Å²) < 4.78 is 0. The lowest BCUT2D eigenvalue weighted by molar-refractivity contribution is 0.280. The minimum atomic E-state index is 0.134. The standard InChI is InChI=1S/C15H21Cl2NO/c1-10(11-5-3-2-4-6-11)18-9-12-7-13(16)8-14(17)15(12)19/h7-8,10-11,18-19H,2-6,9H2,1H3. The van der Waals surface area contributed by atoms with E-state index in [9.17, 15) is 5.11 Å². The Morgan fingerprint density at radius 3 is 2.63 bits per heavy atom. The summed E-state index contributed by atoms with van der Waals surface area (Å²) in [6.07, 6.45) is 6.65. The number of benzene rings is 1. The van der Waals surface area contributed by atoms with Crippen LogP contribution in [-0.2, 0) is 6.54 Å². The average molecular weight is 302 g/mol. The first-order valence-corrected chi connectivity index (χ1v) is 7.74. The maximum Gasteiger partial charge on any atom is 0.138 e. The third-order valence-electron chi connectivity index (χ3n) is 4.08. The molecule has 2 rings (SSSR count). The summed E-state index contributed by atoms with van der Waals surface area (Å²) in [6, 6.07) is 3.79. The largest absolute Gasteiger partial charge is 0.506 e. The van der Waals surface area contributed by atoms with E-state index in [1.54, 1.807) is 12.1 Å². The summed E-state index contributed by atoms with van der Waals surface area (Å²) in [5.74, 6) is 0.875. The van der Waals surface area contributed by atoms with E-state index in [4.69, 9.17) is 23.2 Å². The summed E-state index contributed by atoms with van der Waals surface area (Å²) in [5, 5.41) is 14.3. The maximum absolute atomic E-state index is 9.91. The fourth-order valence-corrected chi connectivity index (χ4v) is 3.36.